The highest BCUT2D eigenvalue weighted by Gasteiger charge is 2.07. The van der Waals surface area contributed by atoms with E-state index in [1.54, 1.807) is 13.2 Å². The summed E-state index contributed by atoms with van der Waals surface area (Å²) < 4.78 is 11.4. The van der Waals surface area contributed by atoms with Gasteiger partial charge in [0.05, 0.1) is 13.7 Å². The highest BCUT2D eigenvalue weighted by atomic mass is 16.5. The van der Waals surface area contributed by atoms with Crippen molar-refractivity contribution in [2.75, 3.05) is 13.7 Å². The Morgan fingerprint density at radius 3 is 2.29 bits per heavy atom. The van der Waals surface area contributed by atoms with Crippen molar-refractivity contribution in [3.63, 3.8) is 0 Å². The van der Waals surface area contributed by atoms with E-state index in [1.807, 2.05) is 42.5 Å². The molecule has 4 nitrogen and oxygen atoms in total. The molecule has 0 radical (unpaired) electrons. The van der Waals surface area contributed by atoms with Crippen LogP contribution in [0.5, 0.6) is 11.5 Å². The van der Waals surface area contributed by atoms with E-state index >= 15 is 0 Å². The second kappa shape index (κ2) is 11.9. The number of hydrogen-bond donors (Lipinski definition) is 1. The van der Waals surface area contributed by atoms with Gasteiger partial charge in [0.15, 0.2) is 11.5 Å². The summed E-state index contributed by atoms with van der Waals surface area (Å²) in [6.07, 6.45) is 10.1. The van der Waals surface area contributed by atoms with Crippen molar-refractivity contribution in [3.8, 4) is 22.6 Å². The molecular weight excluding hydrogens is 352 g/mol. The molecule has 0 fully saturated rings. The van der Waals surface area contributed by atoms with Gasteiger partial charge in [0.25, 0.3) is 0 Å². The zero-order chi connectivity index (χ0) is 20.2. The summed E-state index contributed by atoms with van der Waals surface area (Å²) in [5, 5.41) is 8.70. The summed E-state index contributed by atoms with van der Waals surface area (Å²) in [7, 11) is 1.65. The third-order valence-corrected chi connectivity index (χ3v) is 4.58. The molecule has 2 aromatic rings. The van der Waals surface area contributed by atoms with E-state index < -0.39 is 5.97 Å². The smallest absolute Gasteiger partial charge is 0.328 e. The minimum atomic E-state index is -0.953. The predicted molar refractivity (Wildman–Crippen MR) is 114 cm³/mol. The molecule has 0 saturated heterocycles. The van der Waals surface area contributed by atoms with Gasteiger partial charge in [0, 0.05) is 6.08 Å². The Morgan fingerprint density at radius 2 is 1.61 bits per heavy atom. The molecular formula is C24H30O4. The summed E-state index contributed by atoms with van der Waals surface area (Å²) in [5.74, 6) is 0.532. The summed E-state index contributed by atoms with van der Waals surface area (Å²) in [6, 6.07) is 13.7. The van der Waals surface area contributed by atoms with E-state index in [2.05, 4.69) is 6.92 Å². The van der Waals surface area contributed by atoms with Crippen molar-refractivity contribution in [2.24, 2.45) is 0 Å². The minimum Gasteiger partial charge on any atom is -0.493 e. The molecule has 0 spiro atoms. The van der Waals surface area contributed by atoms with Crippen molar-refractivity contribution in [3.05, 3.63) is 54.1 Å². The van der Waals surface area contributed by atoms with Crippen LogP contribution in [0.15, 0.2) is 48.5 Å². The number of ether oxygens (including phenoxy) is 2. The number of methoxy groups -OCH3 is 1. The predicted octanol–water partition coefficient (Wildman–Crippen LogP) is 6.20. The first-order chi connectivity index (χ1) is 13.6. The van der Waals surface area contributed by atoms with Gasteiger partial charge < -0.3 is 14.6 Å². The van der Waals surface area contributed by atoms with E-state index in [0.717, 1.165) is 40.7 Å². The Bertz CT molecular complexity index is 763. The third-order valence-electron chi connectivity index (χ3n) is 4.58. The number of unbranched alkanes of at least 4 members (excludes halogenated alkanes) is 5. The summed E-state index contributed by atoms with van der Waals surface area (Å²) in [4.78, 5) is 10.6. The molecule has 0 amide bonds. The van der Waals surface area contributed by atoms with Crippen molar-refractivity contribution in [1.29, 1.82) is 0 Å². The molecule has 0 bridgehead atoms. The van der Waals surface area contributed by atoms with Crippen LogP contribution >= 0.6 is 0 Å². The third kappa shape index (κ3) is 7.10. The van der Waals surface area contributed by atoms with Gasteiger partial charge in [-0.2, -0.15) is 0 Å². The molecule has 1 N–H and O–H groups in total. The molecule has 0 heterocycles. The first kappa shape index (κ1) is 21.5. The van der Waals surface area contributed by atoms with E-state index in [-0.39, 0.29) is 0 Å². The maximum absolute atomic E-state index is 10.6. The van der Waals surface area contributed by atoms with Crippen LogP contribution in [0.2, 0.25) is 0 Å². The summed E-state index contributed by atoms with van der Waals surface area (Å²) in [5.41, 5.74) is 2.91. The standard InChI is InChI=1S/C24H30O4/c1-3-4-5-6-7-8-17-28-22-15-14-21(18-23(22)27-2)20-12-9-19(10-13-20)11-16-24(25)26/h9-16,18H,3-8,17H2,1-2H3,(H,25,26). The average Bonchev–Trinajstić information content (AvgIpc) is 2.72. The van der Waals surface area contributed by atoms with Gasteiger partial charge >= 0.3 is 5.97 Å². The highest BCUT2D eigenvalue weighted by molar-refractivity contribution is 5.85. The number of carboxylic acids is 1. The van der Waals surface area contributed by atoms with Gasteiger partial charge in [-0.25, -0.2) is 4.79 Å². The lowest BCUT2D eigenvalue weighted by molar-refractivity contribution is -0.131. The quantitative estimate of drug-likeness (QED) is 0.351. The molecule has 2 rings (SSSR count). The normalized spacial score (nSPS) is 10.9. The zero-order valence-corrected chi connectivity index (χ0v) is 16.8. The summed E-state index contributed by atoms with van der Waals surface area (Å²) in [6.45, 7) is 2.93. The minimum absolute atomic E-state index is 0.701. The van der Waals surface area contributed by atoms with E-state index in [0.29, 0.717) is 6.61 Å². The monoisotopic (exact) mass is 382 g/mol. The van der Waals surface area contributed by atoms with E-state index in [1.165, 1.54) is 32.1 Å². The first-order valence-electron chi connectivity index (χ1n) is 9.96. The Kier molecular flexibility index (Phi) is 9.13. The lowest BCUT2D eigenvalue weighted by Gasteiger charge is -2.12. The second-order valence-corrected chi connectivity index (χ2v) is 6.78. The Hall–Kier alpha value is -2.75. The van der Waals surface area contributed by atoms with Crippen LogP contribution < -0.4 is 9.47 Å². The molecule has 0 unspecified atom stereocenters. The fourth-order valence-corrected chi connectivity index (χ4v) is 2.99. The fraction of sp³-hybridized carbons (Fsp3) is 0.375. The lowest BCUT2D eigenvalue weighted by Crippen LogP contribution is -1.99. The van der Waals surface area contributed by atoms with Crippen molar-refractivity contribution >= 4 is 12.0 Å². The van der Waals surface area contributed by atoms with Gasteiger partial charge in [-0.05, 0) is 41.3 Å². The van der Waals surface area contributed by atoms with Crippen molar-refractivity contribution < 1.29 is 19.4 Å². The maximum atomic E-state index is 10.6. The van der Waals surface area contributed by atoms with Crippen LogP contribution in [-0.4, -0.2) is 24.8 Å². The Labute approximate surface area is 167 Å². The molecule has 0 saturated carbocycles. The Morgan fingerprint density at radius 1 is 0.929 bits per heavy atom. The van der Waals surface area contributed by atoms with Crippen LogP contribution in [-0.2, 0) is 4.79 Å². The highest BCUT2D eigenvalue weighted by Crippen LogP contribution is 2.33. The van der Waals surface area contributed by atoms with Crippen molar-refractivity contribution in [1.82, 2.24) is 0 Å². The van der Waals surface area contributed by atoms with Gasteiger partial charge in [0.1, 0.15) is 0 Å². The number of carbonyl (C=O) groups is 1. The van der Waals surface area contributed by atoms with Gasteiger partial charge in [-0.1, -0.05) is 69.4 Å². The fourth-order valence-electron chi connectivity index (χ4n) is 2.99. The lowest BCUT2D eigenvalue weighted by atomic mass is 10.0. The van der Waals surface area contributed by atoms with Gasteiger partial charge in [-0.3, -0.25) is 0 Å². The molecule has 28 heavy (non-hydrogen) atoms. The zero-order valence-electron chi connectivity index (χ0n) is 16.8. The van der Waals surface area contributed by atoms with Gasteiger partial charge in [0.2, 0.25) is 0 Å². The maximum Gasteiger partial charge on any atom is 0.328 e. The van der Waals surface area contributed by atoms with Crippen LogP contribution in [0.25, 0.3) is 17.2 Å². The second-order valence-electron chi connectivity index (χ2n) is 6.78. The number of aliphatic carboxylic acids is 1. The summed E-state index contributed by atoms with van der Waals surface area (Å²) >= 11 is 0. The van der Waals surface area contributed by atoms with Crippen LogP contribution in [0.4, 0.5) is 0 Å². The van der Waals surface area contributed by atoms with Crippen LogP contribution in [0, 0.1) is 0 Å². The van der Waals surface area contributed by atoms with Crippen LogP contribution in [0.3, 0.4) is 0 Å². The Balaban J connectivity index is 1.95. The average molecular weight is 383 g/mol. The SMILES string of the molecule is CCCCCCCCOc1ccc(-c2ccc(C=CC(=O)O)cc2)cc1OC. The molecule has 0 atom stereocenters. The van der Waals surface area contributed by atoms with Crippen LogP contribution in [0.1, 0.15) is 51.0 Å². The van der Waals surface area contributed by atoms with Crippen molar-refractivity contribution in [2.45, 2.75) is 45.4 Å². The molecule has 150 valence electrons. The number of carboxylic acid groups (broad SMARTS) is 1. The molecule has 0 aromatic heterocycles. The molecule has 4 heteroatoms. The molecule has 0 aliphatic rings. The van der Waals surface area contributed by atoms with E-state index in [4.69, 9.17) is 14.6 Å². The van der Waals surface area contributed by atoms with Gasteiger partial charge in [-0.15, -0.1) is 0 Å². The molecule has 0 aliphatic heterocycles. The number of benzene rings is 2. The largest absolute Gasteiger partial charge is 0.493 e. The molecule has 0 aliphatic carbocycles. The molecule has 2 aromatic carbocycles. The topological polar surface area (TPSA) is 55.8 Å². The first-order valence-corrected chi connectivity index (χ1v) is 9.96. The number of hydrogen-bond acceptors (Lipinski definition) is 3. The van der Waals surface area contributed by atoms with E-state index in [9.17, 15) is 4.79 Å². The number of rotatable bonds is 12.